The Balaban J connectivity index is 2.10. The van der Waals surface area contributed by atoms with Crippen molar-refractivity contribution < 1.29 is 13.9 Å². The fraction of sp³-hybridized carbons (Fsp3) is 0.267. The predicted octanol–water partition coefficient (Wildman–Crippen LogP) is 3.40. The van der Waals surface area contributed by atoms with Gasteiger partial charge in [0.25, 0.3) is 0 Å². The van der Waals surface area contributed by atoms with Crippen molar-refractivity contribution in [1.82, 2.24) is 0 Å². The van der Waals surface area contributed by atoms with Crippen molar-refractivity contribution >= 4 is 16.9 Å². The van der Waals surface area contributed by atoms with Crippen LogP contribution in [0.3, 0.4) is 0 Å². The van der Waals surface area contributed by atoms with Gasteiger partial charge in [-0.05, 0) is 25.5 Å². The lowest BCUT2D eigenvalue weighted by molar-refractivity contribution is -0.141. The van der Waals surface area contributed by atoms with Crippen LogP contribution in [0.4, 0.5) is 0 Å². The molecule has 2 rings (SSSR count). The third-order valence-corrected chi connectivity index (χ3v) is 2.72. The molecule has 18 heavy (non-hydrogen) atoms. The zero-order valence-electron chi connectivity index (χ0n) is 10.6. The first kappa shape index (κ1) is 12.4. The van der Waals surface area contributed by atoms with E-state index in [1.54, 1.807) is 12.3 Å². The van der Waals surface area contributed by atoms with Gasteiger partial charge in [-0.3, -0.25) is 4.79 Å². The van der Waals surface area contributed by atoms with Crippen LogP contribution < -0.4 is 0 Å². The van der Waals surface area contributed by atoms with E-state index in [1.165, 1.54) is 0 Å². The lowest BCUT2D eigenvalue weighted by Gasteiger charge is -2.00. The second-order valence-corrected chi connectivity index (χ2v) is 4.19. The summed E-state index contributed by atoms with van der Waals surface area (Å²) in [4.78, 5) is 11.6. The molecule has 0 aliphatic heterocycles. The van der Waals surface area contributed by atoms with Crippen molar-refractivity contribution in [2.45, 2.75) is 20.3 Å². The van der Waals surface area contributed by atoms with Crippen LogP contribution >= 0.6 is 0 Å². The number of furan rings is 1. The van der Waals surface area contributed by atoms with Crippen molar-refractivity contribution in [1.29, 1.82) is 0 Å². The third-order valence-electron chi connectivity index (χ3n) is 2.72. The molecule has 3 nitrogen and oxygen atoms in total. The first-order valence-corrected chi connectivity index (χ1v) is 5.94. The Kier molecular flexibility index (Phi) is 3.82. The van der Waals surface area contributed by atoms with Crippen LogP contribution in [0.1, 0.15) is 18.1 Å². The number of esters is 1. The van der Waals surface area contributed by atoms with E-state index >= 15 is 0 Å². The van der Waals surface area contributed by atoms with Gasteiger partial charge in [0.05, 0.1) is 12.7 Å². The molecule has 0 fully saturated rings. The molecule has 1 aromatic carbocycles. The molecule has 0 saturated heterocycles. The summed E-state index contributed by atoms with van der Waals surface area (Å²) in [6.45, 7) is 4.22. The number of hydrogen-bond donors (Lipinski definition) is 0. The van der Waals surface area contributed by atoms with E-state index in [0.717, 1.165) is 22.1 Å². The molecule has 0 bridgehead atoms. The van der Waals surface area contributed by atoms with Gasteiger partial charge in [0.15, 0.2) is 0 Å². The summed E-state index contributed by atoms with van der Waals surface area (Å²) in [5, 5.41) is 0.976. The molecule has 0 radical (unpaired) electrons. The van der Waals surface area contributed by atoms with E-state index in [0.29, 0.717) is 6.61 Å². The fourth-order valence-corrected chi connectivity index (χ4v) is 1.77. The maximum atomic E-state index is 11.6. The highest BCUT2D eigenvalue weighted by Crippen LogP contribution is 2.22. The van der Waals surface area contributed by atoms with Gasteiger partial charge in [0, 0.05) is 10.9 Å². The molecule has 94 valence electrons. The number of carbonyl (C=O) groups is 1. The van der Waals surface area contributed by atoms with Gasteiger partial charge in [-0.2, -0.15) is 0 Å². The Labute approximate surface area is 106 Å². The molecule has 0 amide bonds. The van der Waals surface area contributed by atoms with Gasteiger partial charge in [-0.25, -0.2) is 0 Å². The summed E-state index contributed by atoms with van der Waals surface area (Å²) in [6.07, 6.45) is 5.52. The van der Waals surface area contributed by atoms with Crippen LogP contribution in [0.25, 0.3) is 11.0 Å². The molecule has 1 heterocycles. The Morgan fingerprint density at radius 2 is 2.28 bits per heavy atom. The van der Waals surface area contributed by atoms with Crippen molar-refractivity contribution in [3.63, 3.8) is 0 Å². The lowest BCUT2D eigenvalue weighted by Crippen LogP contribution is -2.07. The van der Waals surface area contributed by atoms with Gasteiger partial charge in [0.1, 0.15) is 12.2 Å². The third kappa shape index (κ3) is 2.80. The summed E-state index contributed by atoms with van der Waals surface area (Å²) in [5.74, 6) is -0.239. The van der Waals surface area contributed by atoms with E-state index in [4.69, 9.17) is 9.15 Å². The molecular formula is C15H16O3. The Hall–Kier alpha value is -2.03. The molecule has 0 unspecified atom stereocenters. The van der Waals surface area contributed by atoms with Gasteiger partial charge in [-0.1, -0.05) is 24.3 Å². The average molecular weight is 244 g/mol. The number of benzene rings is 1. The normalized spacial score (nSPS) is 11.2. The van der Waals surface area contributed by atoms with Crippen molar-refractivity contribution in [3.8, 4) is 0 Å². The molecule has 1 aromatic heterocycles. The topological polar surface area (TPSA) is 39.4 Å². The minimum Gasteiger partial charge on any atom is -0.464 e. The number of hydrogen-bond acceptors (Lipinski definition) is 3. The van der Waals surface area contributed by atoms with Gasteiger partial charge in [0.2, 0.25) is 0 Å². The Morgan fingerprint density at radius 1 is 1.44 bits per heavy atom. The summed E-state index contributed by atoms with van der Waals surface area (Å²) in [5.41, 5.74) is 2.82. The molecule has 0 atom stereocenters. The van der Waals surface area contributed by atoms with Crippen LogP contribution in [-0.4, -0.2) is 12.6 Å². The maximum absolute atomic E-state index is 11.6. The number of fused-ring (bicyclic) bond motifs is 1. The highest BCUT2D eigenvalue weighted by Gasteiger charge is 2.10. The molecular weight excluding hydrogens is 228 g/mol. The summed E-state index contributed by atoms with van der Waals surface area (Å²) in [6, 6.07) is 5.94. The van der Waals surface area contributed by atoms with Crippen LogP contribution in [-0.2, 0) is 16.0 Å². The van der Waals surface area contributed by atoms with Crippen molar-refractivity contribution in [3.05, 3.63) is 47.7 Å². The van der Waals surface area contributed by atoms with E-state index in [9.17, 15) is 4.79 Å². The van der Waals surface area contributed by atoms with E-state index < -0.39 is 0 Å². The molecule has 2 aromatic rings. The summed E-state index contributed by atoms with van der Waals surface area (Å²) >= 11 is 0. The SMILES string of the molecule is C/C=C/COC(=O)Cc1coc2cc(C)ccc12. The number of aryl methyl sites for hydroxylation is 1. The average Bonchev–Trinajstić information content (AvgIpc) is 2.72. The smallest absolute Gasteiger partial charge is 0.310 e. The Morgan fingerprint density at radius 3 is 3.06 bits per heavy atom. The van der Waals surface area contributed by atoms with E-state index in [-0.39, 0.29) is 12.4 Å². The monoisotopic (exact) mass is 244 g/mol. The zero-order valence-corrected chi connectivity index (χ0v) is 10.6. The summed E-state index contributed by atoms with van der Waals surface area (Å²) in [7, 11) is 0. The number of rotatable bonds is 4. The van der Waals surface area contributed by atoms with Gasteiger partial charge < -0.3 is 9.15 Å². The van der Waals surface area contributed by atoms with Crippen LogP contribution in [0.5, 0.6) is 0 Å². The molecule has 0 aliphatic rings. The second-order valence-electron chi connectivity index (χ2n) is 4.19. The fourth-order valence-electron chi connectivity index (χ4n) is 1.77. The van der Waals surface area contributed by atoms with Gasteiger partial charge in [-0.15, -0.1) is 0 Å². The van der Waals surface area contributed by atoms with Gasteiger partial charge >= 0.3 is 5.97 Å². The minimum atomic E-state index is -0.239. The standard InChI is InChI=1S/C15H16O3/c1-3-4-7-17-15(16)9-12-10-18-14-8-11(2)5-6-13(12)14/h3-6,8,10H,7,9H2,1-2H3/b4-3+. The molecule has 0 spiro atoms. The van der Waals surface area contributed by atoms with Crippen molar-refractivity contribution in [2.75, 3.05) is 6.61 Å². The maximum Gasteiger partial charge on any atom is 0.310 e. The highest BCUT2D eigenvalue weighted by molar-refractivity contribution is 5.86. The van der Waals surface area contributed by atoms with E-state index in [1.807, 2.05) is 38.1 Å². The first-order valence-electron chi connectivity index (χ1n) is 5.94. The summed E-state index contributed by atoms with van der Waals surface area (Å²) < 4.78 is 10.5. The lowest BCUT2D eigenvalue weighted by atomic mass is 10.1. The number of ether oxygens (including phenoxy) is 1. The number of carbonyl (C=O) groups excluding carboxylic acids is 1. The van der Waals surface area contributed by atoms with E-state index in [2.05, 4.69) is 0 Å². The molecule has 0 N–H and O–H groups in total. The van der Waals surface area contributed by atoms with Crippen LogP contribution in [0, 0.1) is 6.92 Å². The minimum absolute atomic E-state index is 0.239. The first-order chi connectivity index (χ1) is 8.70. The van der Waals surface area contributed by atoms with Crippen LogP contribution in [0.2, 0.25) is 0 Å². The predicted molar refractivity (Wildman–Crippen MR) is 70.4 cm³/mol. The Bertz CT molecular complexity index is 578. The second kappa shape index (κ2) is 5.54. The number of allylic oxidation sites excluding steroid dienone is 1. The molecule has 0 saturated carbocycles. The molecule has 0 aliphatic carbocycles. The largest absolute Gasteiger partial charge is 0.464 e. The molecule has 3 heteroatoms. The highest BCUT2D eigenvalue weighted by atomic mass is 16.5. The quantitative estimate of drug-likeness (QED) is 0.611. The van der Waals surface area contributed by atoms with Crippen molar-refractivity contribution in [2.24, 2.45) is 0 Å². The zero-order chi connectivity index (χ0) is 13.0. The van der Waals surface area contributed by atoms with Crippen LogP contribution in [0.15, 0.2) is 41.0 Å².